The number of carbonyl (C=O) groups excluding carboxylic acids is 1. The number of benzene rings is 2. The molecule has 35 heavy (non-hydrogen) atoms. The number of carbonyl (C=O) groups is 2. The SMILES string of the molecule is C=C(N)/C(=C\C=C(/C)C(CC(=O)O)c1ccc2c(c1)CN(C(=O)c1ccccc1)CC2)N(N)CC. The number of carboxylic acids is 1. The summed E-state index contributed by atoms with van der Waals surface area (Å²) >= 11 is 0. The molecule has 0 spiro atoms. The Bertz CT molecular complexity index is 1150. The van der Waals surface area contributed by atoms with Crippen LogP contribution in [0.5, 0.6) is 0 Å². The standard InChI is InChI=1S/C28H34N4O3/c1-4-32(30)26(20(3)29)13-10-19(2)25(17-27(33)34)23-12-11-21-14-15-31(18-24(21)16-23)28(35)22-8-6-5-7-9-22/h5-13,16,25H,3-4,14-15,17-18,29-30H2,1-2H3,(H,33,34)/b19-10+,26-13+. The topological polar surface area (TPSA) is 113 Å². The number of hydrogen-bond donors (Lipinski definition) is 3. The predicted molar refractivity (Wildman–Crippen MR) is 138 cm³/mol. The van der Waals surface area contributed by atoms with Crippen LogP contribution in [0.2, 0.25) is 0 Å². The Morgan fingerprint density at radius 3 is 2.51 bits per heavy atom. The number of hydrogen-bond acceptors (Lipinski definition) is 5. The number of hydrazine groups is 1. The molecule has 1 unspecified atom stereocenters. The van der Waals surface area contributed by atoms with Crippen molar-refractivity contribution in [1.82, 2.24) is 9.91 Å². The molecule has 1 atom stereocenters. The molecule has 3 rings (SSSR count). The third kappa shape index (κ3) is 6.39. The fourth-order valence-electron chi connectivity index (χ4n) is 4.33. The number of aliphatic carboxylic acids is 1. The van der Waals surface area contributed by atoms with Gasteiger partial charge in [0, 0.05) is 36.8 Å². The van der Waals surface area contributed by atoms with Gasteiger partial charge in [0.25, 0.3) is 5.91 Å². The first-order valence-corrected chi connectivity index (χ1v) is 11.7. The second kappa shape index (κ2) is 11.5. The van der Waals surface area contributed by atoms with E-state index in [0.29, 0.717) is 36.6 Å². The third-order valence-electron chi connectivity index (χ3n) is 6.36. The highest BCUT2D eigenvalue weighted by atomic mass is 16.4. The molecular formula is C28H34N4O3. The van der Waals surface area contributed by atoms with Gasteiger partial charge in [0.15, 0.2) is 0 Å². The Hall–Kier alpha value is -3.84. The summed E-state index contributed by atoms with van der Waals surface area (Å²) in [5, 5.41) is 11.1. The molecule has 0 aliphatic carbocycles. The highest BCUT2D eigenvalue weighted by molar-refractivity contribution is 5.94. The fourth-order valence-corrected chi connectivity index (χ4v) is 4.33. The van der Waals surface area contributed by atoms with Crippen molar-refractivity contribution in [3.63, 3.8) is 0 Å². The Labute approximate surface area is 207 Å². The number of allylic oxidation sites excluding steroid dienone is 3. The number of carboxylic acid groups (broad SMARTS) is 1. The summed E-state index contributed by atoms with van der Waals surface area (Å²) in [4.78, 5) is 26.5. The molecule has 0 saturated carbocycles. The monoisotopic (exact) mass is 474 g/mol. The van der Waals surface area contributed by atoms with Gasteiger partial charge in [-0.3, -0.25) is 9.59 Å². The number of fused-ring (bicyclic) bond motifs is 1. The van der Waals surface area contributed by atoms with Gasteiger partial charge in [-0.05, 0) is 55.2 Å². The van der Waals surface area contributed by atoms with Crippen LogP contribution in [0.25, 0.3) is 0 Å². The third-order valence-corrected chi connectivity index (χ3v) is 6.36. The number of rotatable bonds is 9. The van der Waals surface area contributed by atoms with E-state index in [1.807, 2.05) is 67.3 Å². The van der Waals surface area contributed by atoms with Crippen molar-refractivity contribution in [2.45, 2.75) is 39.2 Å². The summed E-state index contributed by atoms with van der Waals surface area (Å²) in [6.45, 7) is 9.28. The average molecular weight is 475 g/mol. The van der Waals surface area contributed by atoms with Gasteiger partial charge < -0.3 is 20.7 Å². The molecule has 1 amide bonds. The summed E-state index contributed by atoms with van der Waals surface area (Å²) in [5.74, 6) is 4.77. The van der Waals surface area contributed by atoms with Crippen LogP contribution < -0.4 is 11.6 Å². The van der Waals surface area contributed by atoms with Crippen molar-refractivity contribution >= 4 is 11.9 Å². The van der Waals surface area contributed by atoms with E-state index in [1.54, 1.807) is 6.08 Å². The minimum absolute atomic E-state index is 0.00163. The maximum atomic E-state index is 13.0. The highest BCUT2D eigenvalue weighted by Crippen LogP contribution is 2.31. The molecule has 184 valence electrons. The maximum Gasteiger partial charge on any atom is 0.304 e. The zero-order valence-electron chi connectivity index (χ0n) is 20.4. The van der Waals surface area contributed by atoms with Crippen LogP contribution in [0.3, 0.4) is 0 Å². The number of nitrogens with two attached hydrogens (primary N) is 2. The lowest BCUT2D eigenvalue weighted by molar-refractivity contribution is -0.137. The smallest absolute Gasteiger partial charge is 0.304 e. The summed E-state index contributed by atoms with van der Waals surface area (Å²) in [5.41, 5.74) is 11.5. The van der Waals surface area contributed by atoms with Crippen molar-refractivity contribution in [2.24, 2.45) is 11.6 Å². The van der Waals surface area contributed by atoms with Crippen LogP contribution >= 0.6 is 0 Å². The Morgan fingerprint density at radius 2 is 1.89 bits per heavy atom. The molecule has 0 aromatic heterocycles. The van der Waals surface area contributed by atoms with Gasteiger partial charge in [-0.25, -0.2) is 5.84 Å². The van der Waals surface area contributed by atoms with E-state index in [4.69, 9.17) is 11.6 Å². The molecule has 1 aliphatic rings. The van der Waals surface area contributed by atoms with E-state index in [0.717, 1.165) is 23.1 Å². The van der Waals surface area contributed by atoms with E-state index in [2.05, 4.69) is 12.6 Å². The summed E-state index contributed by atoms with van der Waals surface area (Å²) < 4.78 is 0. The number of likely N-dealkylation sites (N-methyl/N-ethyl adjacent to an activating group) is 1. The molecule has 7 nitrogen and oxygen atoms in total. The van der Waals surface area contributed by atoms with Gasteiger partial charge in [-0.15, -0.1) is 0 Å². The van der Waals surface area contributed by atoms with Crippen LogP contribution in [-0.4, -0.2) is 40.0 Å². The van der Waals surface area contributed by atoms with Gasteiger partial charge in [-0.1, -0.05) is 54.6 Å². The van der Waals surface area contributed by atoms with Crippen molar-refractivity contribution in [1.29, 1.82) is 0 Å². The first-order chi connectivity index (χ1) is 16.7. The molecule has 0 radical (unpaired) electrons. The first-order valence-electron chi connectivity index (χ1n) is 11.7. The van der Waals surface area contributed by atoms with Gasteiger partial charge in [0.05, 0.1) is 12.1 Å². The fraction of sp³-hybridized carbons (Fsp3) is 0.286. The zero-order valence-corrected chi connectivity index (χ0v) is 20.4. The highest BCUT2D eigenvalue weighted by Gasteiger charge is 2.24. The van der Waals surface area contributed by atoms with Gasteiger partial charge in [0.1, 0.15) is 0 Å². The van der Waals surface area contributed by atoms with Gasteiger partial charge in [0.2, 0.25) is 0 Å². The molecule has 1 heterocycles. The summed E-state index contributed by atoms with van der Waals surface area (Å²) in [6, 6.07) is 15.3. The first kappa shape index (κ1) is 25.8. The van der Waals surface area contributed by atoms with Crippen LogP contribution in [0.1, 0.15) is 53.2 Å². The number of nitrogens with zero attached hydrogens (tertiary/aromatic N) is 2. The molecule has 2 aromatic carbocycles. The molecule has 7 heteroatoms. The lowest BCUT2D eigenvalue weighted by Crippen LogP contribution is -2.36. The van der Waals surface area contributed by atoms with Crippen LogP contribution in [-0.2, 0) is 17.8 Å². The van der Waals surface area contributed by atoms with E-state index < -0.39 is 5.97 Å². The molecule has 1 aliphatic heterocycles. The molecule has 0 fully saturated rings. The predicted octanol–water partition coefficient (Wildman–Crippen LogP) is 3.94. The van der Waals surface area contributed by atoms with E-state index in [-0.39, 0.29) is 18.2 Å². The largest absolute Gasteiger partial charge is 0.481 e. The molecule has 0 saturated heterocycles. The molecular weight excluding hydrogens is 440 g/mol. The molecule has 0 bridgehead atoms. The second-order valence-corrected chi connectivity index (χ2v) is 8.80. The van der Waals surface area contributed by atoms with Crippen LogP contribution in [0.15, 0.2) is 84.2 Å². The zero-order chi connectivity index (χ0) is 25.5. The lowest BCUT2D eigenvalue weighted by Gasteiger charge is -2.30. The summed E-state index contributed by atoms with van der Waals surface area (Å²) in [7, 11) is 0. The van der Waals surface area contributed by atoms with Crippen LogP contribution in [0, 0.1) is 0 Å². The van der Waals surface area contributed by atoms with Gasteiger partial charge in [-0.2, -0.15) is 0 Å². The minimum atomic E-state index is -0.886. The minimum Gasteiger partial charge on any atom is -0.481 e. The van der Waals surface area contributed by atoms with E-state index in [1.165, 1.54) is 10.6 Å². The summed E-state index contributed by atoms with van der Waals surface area (Å²) in [6.07, 6.45) is 4.33. The van der Waals surface area contributed by atoms with Gasteiger partial charge >= 0.3 is 5.97 Å². The number of amides is 1. The van der Waals surface area contributed by atoms with E-state index in [9.17, 15) is 14.7 Å². The quantitative estimate of drug-likeness (QED) is 0.288. The Balaban J connectivity index is 1.90. The van der Waals surface area contributed by atoms with Crippen molar-refractivity contribution in [2.75, 3.05) is 13.1 Å². The Morgan fingerprint density at radius 1 is 1.17 bits per heavy atom. The average Bonchev–Trinajstić information content (AvgIpc) is 2.86. The Kier molecular flexibility index (Phi) is 8.49. The van der Waals surface area contributed by atoms with E-state index >= 15 is 0 Å². The van der Waals surface area contributed by atoms with Crippen LogP contribution in [0.4, 0.5) is 0 Å². The van der Waals surface area contributed by atoms with Crippen molar-refractivity contribution in [3.05, 3.63) is 106 Å². The second-order valence-electron chi connectivity index (χ2n) is 8.80. The molecule has 5 N–H and O–H groups in total. The maximum absolute atomic E-state index is 13.0. The molecule has 2 aromatic rings. The van der Waals surface area contributed by atoms with Crippen molar-refractivity contribution in [3.8, 4) is 0 Å². The normalized spacial score (nSPS) is 14.8. The van der Waals surface area contributed by atoms with Crippen molar-refractivity contribution < 1.29 is 14.7 Å². The lowest BCUT2D eigenvalue weighted by atomic mass is 9.85.